The fourth-order valence-corrected chi connectivity index (χ4v) is 4.95. The van der Waals surface area contributed by atoms with Gasteiger partial charge in [-0.05, 0) is 37.7 Å². The van der Waals surface area contributed by atoms with Gasteiger partial charge in [-0.2, -0.15) is 0 Å². The van der Waals surface area contributed by atoms with Gasteiger partial charge < -0.3 is 0 Å². The van der Waals surface area contributed by atoms with E-state index in [1.54, 1.807) is 0 Å². The molecule has 1 spiro atoms. The van der Waals surface area contributed by atoms with E-state index in [0.717, 1.165) is 6.42 Å². The van der Waals surface area contributed by atoms with E-state index >= 15 is 0 Å². The quantitative estimate of drug-likeness (QED) is 0.640. The minimum atomic E-state index is -1.06. The summed E-state index contributed by atoms with van der Waals surface area (Å²) in [6, 6.07) is 0. The summed E-state index contributed by atoms with van der Waals surface area (Å²) in [5.74, 6) is -0.0895. The number of hydrogen-bond acceptors (Lipinski definition) is 2. The molecule has 0 aromatic heterocycles. The lowest BCUT2D eigenvalue weighted by Crippen LogP contribution is -2.52. The van der Waals surface area contributed by atoms with Crippen molar-refractivity contribution in [1.82, 2.24) is 0 Å². The van der Waals surface area contributed by atoms with E-state index in [2.05, 4.69) is 13.8 Å². The Morgan fingerprint density at radius 1 is 1.11 bits per heavy atom. The number of rotatable bonds is 0. The Morgan fingerprint density at radius 2 is 1.74 bits per heavy atom. The van der Waals surface area contributed by atoms with Crippen molar-refractivity contribution >= 4 is 34.8 Å². The number of hydrogen-bond donors (Lipinski definition) is 0. The zero-order chi connectivity index (χ0) is 14.3. The highest BCUT2D eigenvalue weighted by Gasteiger charge is 2.71. The first kappa shape index (κ1) is 13.6. The third kappa shape index (κ3) is 1.40. The van der Waals surface area contributed by atoms with Crippen LogP contribution in [0.4, 0.5) is 0 Å². The first-order valence-electron chi connectivity index (χ1n) is 6.73. The molecule has 2 bridgehead atoms. The van der Waals surface area contributed by atoms with Crippen LogP contribution < -0.4 is 0 Å². The van der Waals surface area contributed by atoms with E-state index in [1.165, 1.54) is 6.08 Å². The second-order valence-electron chi connectivity index (χ2n) is 7.17. The Kier molecular flexibility index (Phi) is 2.48. The number of fused-ring (bicyclic) bond motifs is 1. The Bertz CT molecular complexity index is 532. The molecule has 2 fully saturated rings. The Hall–Kier alpha value is -0.340. The number of alkyl halides is 2. The topological polar surface area (TPSA) is 34.1 Å². The summed E-state index contributed by atoms with van der Waals surface area (Å²) in [7, 11) is 0. The van der Waals surface area contributed by atoms with Crippen LogP contribution >= 0.6 is 23.2 Å². The molecule has 3 rings (SSSR count). The van der Waals surface area contributed by atoms with E-state index < -0.39 is 9.75 Å². The summed E-state index contributed by atoms with van der Waals surface area (Å²) in [6.07, 6.45) is 4.12. The molecule has 3 atom stereocenters. The third-order valence-electron chi connectivity index (χ3n) is 5.73. The highest BCUT2D eigenvalue weighted by atomic mass is 35.5. The maximum atomic E-state index is 12.7. The molecule has 0 saturated heterocycles. The van der Waals surface area contributed by atoms with E-state index in [1.807, 2.05) is 6.92 Å². The molecule has 4 heteroatoms. The molecule has 0 aliphatic heterocycles. The van der Waals surface area contributed by atoms with Gasteiger partial charge in [-0.25, -0.2) is 0 Å². The minimum absolute atomic E-state index is 0.0306. The second kappa shape index (κ2) is 3.46. The van der Waals surface area contributed by atoms with Gasteiger partial charge >= 0.3 is 0 Å². The summed E-state index contributed by atoms with van der Waals surface area (Å²) >= 11 is 13.2. The van der Waals surface area contributed by atoms with Crippen LogP contribution in [0.5, 0.6) is 0 Å². The summed E-state index contributed by atoms with van der Waals surface area (Å²) in [6.45, 7) is 5.99. The zero-order valence-electron chi connectivity index (χ0n) is 11.5. The van der Waals surface area contributed by atoms with Crippen molar-refractivity contribution in [3.8, 4) is 0 Å². The van der Waals surface area contributed by atoms with Gasteiger partial charge in [0, 0.05) is 17.4 Å². The van der Waals surface area contributed by atoms with Crippen molar-refractivity contribution in [3.63, 3.8) is 0 Å². The number of ketones is 2. The molecule has 3 aliphatic rings. The van der Waals surface area contributed by atoms with Gasteiger partial charge in [-0.1, -0.05) is 13.8 Å². The van der Waals surface area contributed by atoms with Crippen molar-refractivity contribution in [1.29, 1.82) is 0 Å². The summed E-state index contributed by atoms with van der Waals surface area (Å²) in [5, 5.41) is 0. The minimum Gasteiger partial charge on any atom is -0.295 e. The highest BCUT2D eigenvalue weighted by molar-refractivity contribution is 6.46. The van der Waals surface area contributed by atoms with Crippen LogP contribution in [0.15, 0.2) is 11.6 Å². The predicted octanol–water partition coefficient (Wildman–Crippen LogP) is 3.64. The van der Waals surface area contributed by atoms with E-state index in [-0.39, 0.29) is 22.4 Å². The molecule has 0 amide bonds. The number of halogens is 2. The molecular formula is C15H18Cl2O2. The maximum Gasteiger partial charge on any atom is 0.182 e. The first-order valence-corrected chi connectivity index (χ1v) is 7.49. The van der Waals surface area contributed by atoms with Gasteiger partial charge in [-0.3, -0.25) is 9.59 Å². The molecule has 3 aliphatic carbocycles. The van der Waals surface area contributed by atoms with E-state index in [4.69, 9.17) is 23.2 Å². The first-order chi connectivity index (χ1) is 8.56. The Morgan fingerprint density at radius 3 is 2.37 bits per heavy atom. The second-order valence-corrected chi connectivity index (χ2v) is 8.65. The van der Waals surface area contributed by atoms with Gasteiger partial charge in [0.05, 0.1) is 4.87 Å². The third-order valence-corrected chi connectivity index (χ3v) is 7.06. The fraction of sp³-hybridized carbons (Fsp3) is 0.733. The van der Waals surface area contributed by atoms with Gasteiger partial charge in [0.25, 0.3) is 0 Å². The van der Waals surface area contributed by atoms with Crippen molar-refractivity contribution in [3.05, 3.63) is 11.6 Å². The average Bonchev–Trinajstić information content (AvgIpc) is 2.46. The van der Waals surface area contributed by atoms with Gasteiger partial charge in [-0.15, -0.1) is 23.2 Å². The number of Topliss-reactive ketones (excluding diaryl/α,β-unsaturated/α-hetero) is 1. The Labute approximate surface area is 123 Å². The monoisotopic (exact) mass is 300 g/mol. The van der Waals surface area contributed by atoms with Gasteiger partial charge in [0.2, 0.25) is 0 Å². The molecule has 0 heterocycles. The molecule has 1 unspecified atom stereocenters. The SMILES string of the molecule is CC1(C)CC(=O)C=C2C(=O)C3(Cl)C[C@@]21CC[C@]3(C)Cl. The average molecular weight is 301 g/mol. The van der Waals surface area contributed by atoms with E-state index in [9.17, 15) is 9.59 Å². The smallest absolute Gasteiger partial charge is 0.182 e. The zero-order valence-corrected chi connectivity index (χ0v) is 13.0. The molecule has 2 nitrogen and oxygen atoms in total. The number of allylic oxidation sites excluding steroid dienone is 2. The van der Waals surface area contributed by atoms with Crippen molar-refractivity contribution in [2.75, 3.05) is 0 Å². The molecule has 0 aromatic rings. The summed E-state index contributed by atoms with van der Waals surface area (Å²) < 4.78 is 0. The molecule has 19 heavy (non-hydrogen) atoms. The van der Waals surface area contributed by atoms with Crippen LogP contribution in [0, 0.1) is 10.8 Å². The summed E-state index contributed by atoms with van der Waals surface area (Å²) in [4.78, 5) is 22.9. The number of carbonyl (C=O) groups excluding carboxylic acids is 2. The number of carbonyl (C=O) groups is 2. The lowest BCUT2D eigenvalue weighted by molar-refractivity contribution is -0.121. The molecule has 0 radical (unpaired) electrons. The van der Waals surface area contributed by atoms with Crippen LogP contribution in [-0.2, 0) is 9.59 Å². The normalized spacial score (nSPS) is 47.9. The summed E-state index contributed by atoms with van der Waals surface area (Å²) in [5.41, 5.74) is 0.135. The van der Waals surface area contributed by atoms with Crippen LogP contribution in [0.25, 0.3) is 0 Å². The maximum absolute atomic E-state index is 12.7. The van der Waals surface area contributed by atoms with Crippen molar-refractivity contribution < 1.29 is 9.59 Å². The van der Waals surface area contributed by atoms with Gasteiger partial charge in [0.15, 0.2) is 11.6 Å². The van der Waals surface area contributed by atoms with Crippen molar-refractivity contribution in [2.24, 2.45) is 10.8 Å². The van der Waals surface area contributed by atoms with E-state index in [0.29, 0.717) is 24.8 Å². The van der Waals surface area contributed by atoms with Gasteiger partial charge in [0.1, 0.15) is 4.87 Å². The van der Waals surface area contributed by atoms with Crippen LogP contribution in [0.2, 0.25) is 0 Å². The van der Waals surface area contributed by atoms with Crippen LogP contribution in [0.1, 0.15) is 46.5 Å². The highest BCUT2D eigenvalue weighted by Crippen LogP contribution is 2.70. The fourth-order valence-electron chi connectivity index (χ4n) is 4.28. The van der Waals surface area contributed by atoms with Crippen molar-refractivity contribution in [2.45, 2.75) is 56.2 Å². The largest absolute Gasteiger partial charge is 0.295 e. The predicted molar refractivity (Wildman–Crippen MR) is 75.6 cm³/mol. The molecule has 104 valence electrons. The van der Waals surface area contributed by atoms with Crippen LogP contribution in [-0.4, -0.2) is 21.3 Å². The lowest BCUT2D eigenvalue weighted by atomic mass is 9.53. The Balaban J connectivity index is 2.25. The molecular weight excluding hydrogens is 283 g/mol. The molecule has 0 N–H and O–H groups in total. The molecule has 0 aromatic carbocycles. The molecule has 2 saturated carbocycles. The lowest BCUT2D eigenvalue weighted by Gasteiger charge is -2.52. The van der Waals surface area contributed by atoms with Crippen LogP contribution in [0.3, 0.4) is 0 Å². The standard InChI is InChI=1S/C15H18Cl2O2/c1-12(2)7-9(18)6-10-11(19)15(17)8-14(10,12)5-4-13(15,3)16/h6H,4-5,7-8H2,1-3H3/t13-,14-,15?/m0/s1.